The number of para-hydroxylation sites is 1. The average molecular weight is 416 g/mol. The van der Waals surface area contributed by atoms with E-state index in [1.54, 1.807) is 16.1 Å². The van der Waals surface area contributed by atoms with Crippen LogP contribution in [0.15, 0.2) is 66.0 Å². The van der Waals surface area contributed by atoms with Gasteiger partial charge in [-0.2, -0.15) is 0 Å². The molecule has 2 aromatic carbocycles. The minimum atomic E-state index is 0. The van der Waals surface area contributed by atoms with Crippen LogP contribution in [0.4, 0.5) is 0 Å². The maximum absolute atomic E-state index is 4.40. The van der Waals surface area contributed by atoms with E-state index < -0.39 is 0 Å². The molecule has 0 fully saturated rings. The first-order chi connectivity index (χ1) is 11.7. The summed E-state index contributed by atoms with van der Waals surface area (Å²) in [4.78, 5) is 5.78. The molecule has 1 N–H and O–H groups in total. The highest BCUT2D eigenvalue weighted by Gasteiger charge is 2.14. The lowest BCUT2D eigenvalue weighted by Crippen LogP contribution is -3.00. The number of nitrogens with zero attached hydrogens (tertiary/aromatic N) is 4. The largest absolute Gasteiger partial charge is 1.00 e. The van der Waals surface area contributed by atoms with Crippen LogP contribution in [-0.2, 0) is 0 Å². The van der Waals surface area contributed by atoms with Crippen molar-refractivity contribution in [3.8, 4) is 17.1 Å². The SMILES string of the molecule is Cc1csc(C)n1.[Br-].c1ccc(-c2n[nH][n+](-c3ccccc3)n2)cc1. The zero-order valence-corrected chi connectivity index (χ0v) is 16.3. The summed E-state index contributed by atoms with van der Waals surface area (Å²) in [5, 5.41) is 14.7. The van der Waals surface area contributed by atoms with Gasteiger partial charge in [0.25, 0.3) is 0 Å². The van der Waals surface area contributed by atoms with Gasteiger partial charge in [0, 0.05) is 11.1 Å². The molecule has 0 aliphatic rings. The number of nitrogens with one attached hydrogen (secondary N) is 1. The van der Waals surface area contributed by atoms with Gasteiger partial charge in [-0.1, -0.05) is 36.4 Å². The molecule has 0 saturated carbocycles. The van der Waals surface area contributed by atoms with Crippen LogP contribution in [0.3, 0.4) is 0 Å². The fraction of sp³-hybridized carbons (Fsp3) is 0.111. The van der Waals surface area contributed by atoms with Crippen molar-refractivity contribution in [2.45, 2.75) is 13.8 Å². The predicted molar refractivity (Wildman–Crippen MR) is 94.9 cm³/mol. The van der Waals surface area contributed by atoms with Crippen molar-refractivity contribution < 1.29 is 21.8 Å². The molecule has 4 aromatic rings. The predicted octanol–water partition coefficient (Wildman–Crippen LogP) is 0.512. The van der Waals surface area contributed by atoms with Crippen molar-refractivity contribution in [3.63, 3.8) is 0 Å². The fourth-order valence-electron chi connectivity index (χ4n) is 2.10. The van der Waals surface area contributed by atoms with Gasteiger partial charge in [0.1, 0.15) is 0 Å². The van der Waals surface area contributed by atoms with Gasteiger partial charge in [-0.05, 0) is 53.2 Å². The monoisotopic (exact) mass is 415 g/mol. The van der Waals surface area contributed by atoms with E-state index in [1.165, 1.54) is 0 Å². The summed E-state index contributed by atoms with van der Waals surface area (Å²) in [7, 11) is 0. The zero-order valence-electron chi connectivity index (χ0n) is 13.9. The topological polar surface area (TPSA) is 58.3 Å². The Bertz CT molecular complexity index is 820. The van der Waals surface area contributed by atoms with Crippen LogP contribution in [0.25, 0.3) is 17.1 Å². The summed E-state index contributed by atoms with van der Waals surface area (Å²) in [6.45, 7) is 4.02. The van der Waals surface area contributed by atoms with Crippen LogP contribution >= 0.6 is 11.3 Å². The third kappa shape index (κ3) is 5.30. The quantitative estimate of drug-likeness (QED) is 0.485. The molecule has 0 bridgehead atoms. The molecule has 0 radical (unpaired) electrons. The number of H-pyrrole nitrogens is 1. The molecule has 0 unspecified atom stereocenters. The summed E-state index contributed by atoms with van der Waals surface area (Å²) < 4.78 is 0. The van der Waals surface area contributed by atoms with Crippen molar-refractivity contribution in [2.75, 3.05) is 0 Å². The first-order valence-electron chi connectivity index (χ1n) is 7.57. The van der Waals surface area contributed by atoms with Gasteiger partial charge in [0.05, 0.1) is 15.7 Å². The number of hydrogen-bond acceptors (Lipinski definition) is 4. The Morgan fingerprint density at radius 2 is 1.56 bits per heavy atom. The third-order valence-corrected chi connectivity index (χ3v) is 4.10. The van der Waals surface area contributed by atoms with Crippen molar-refractivity contribution in [2.24, 2.45) is 0 Å². The normalized spacial score (nSPS) is 9.68. The molecule has 4 rings (SSSR count). The van der Waals surface area contributed by atoms with Gasteiger partial charge in [0.2, 0.25) is 0 Å². The summed E-state index contributed by atoms with van der Waals surface area (Å²) in [5.41, 5.74) is 3.09. The summed E-state index contributed by atoms with van der Waals surface area (Å²) >= 11 is 1.69. The summed E-state index contributed by atoms with van der Waals surface area (Å²) in [5.74, 6) is 0.689. The lowest BCUT2D eigenvalue weighted by atomic mass is 10.2. The molecule has 0 amide bonds. The number of thiazole rings is 1. The summed E-state index contributed by atoms with van der Waals surface area (Å²) in [6.07, 6.45) is 0. The zero-order chi connectivity index (χ0) is 16.8. The Morgan fingerprint density at radius 3 is 2.08 bits per heavy atom. The Hall–Kier alpha value is -2.38. The van der Waals surface area contributed by atoms with Gasteiger partial charge >= 0.3 is 5.82 Å². The number of benzene rings is 2. The van der Waals surface area contributed by atoms with Crippen LogP contribution in [0.1, 0.15) is 10.7 Å². The number of aromatic amines is 1. The number of rotatable bonds is 2. The lowest BCUT2D eigenvalue weighted by Gasteiger charge is -1.89. The second-order valence-corrected chi connectivity index (χ2v) is 6.22. The highest BCUT2D eigenvalue weighted by molar-refractivity contribution is 7.09. The Morgan fingerprint density at radius 1 is 0.920 bits per heavy atom. The molecule has 7 heteroatoms. The lowest BCUT2D eigenvalue weighted by molar-refractivity contribution is -0.716. The first kappa shape index (κ1) is 19.0. The van der Waals surface area contributed by atoms with E-state index in [9.17, 15) is 0 Å². The van der Waals surface area contributed by atoms with E-state index in [-0.39, 0.29) is 17.0 Å². The highest BCUT2D eigenvalue weighted by Crippen LogP contribution is 2.11. The van der Waals surface area contributed by atoms with Gasteiger partial charge in [-0.3, -0.25) is 0 Å². The van der Waals surface area contributed by atoms with E-state index in [2.05, 4.69) is 25.8 Å². The number of halogens is 1. The molecule has 0 aliphatic heterocycles. The molecule has 0 saturated heterocycles. The molecule has 128 valence electrons. The number of tetrazole rings is 1. The smallest absolute Gasteiger partial charge is 0.339 e. The molecule has 5 nitrogen and oxygen atoms in total. The average Bonchev–Trinajstić information content (AvgIpc) is 3.26. The maximum atomic E-state index is 4.40. The molecule has 2 aromatic heterocycles. The first-order valence-corrected chi connectivity index (χ1v) is 8.44. The molecule has 0 atom stereocenters. The maximum Gasteiger partial charge on any atom is 0.339 e. The Kier molecular flexibility index (Phi) is 6.97. The molecular weight excluding hydrogens is 398 g/mol. The van der Waals surface area contributed by atoms with Crippen LogP contribution in [-0.4, -0.2) is 20.4 Å². The van der Waals surface area contributed by atoms with Crippen molar-refractivity contribution in [3.05, 3.63) is 76.7 Å². The number of hydrogen-bond donors (Lipinski definition) is 1. The molecule has 0 spiro atoms. The van der Waals surface area contributed by atoms with Gasteiger partial charge in [-0.15, -0.1) is 11.3 Å². The summed E-state index contributed by atoms with van der Waals surface area (Å²) in [6, 6.07) is 19.7. The van der Waals surface area contributed by atoms with E-state index in [1.807, 2.05) is 74.5 Å². The molecule has 25 heavy (non-hydrogen) atoms. The van der Waals surface area contributed by atoms with Crippen LogP contribution in [0.2, 0.25) is 0 Å². The van der Waals surface area contributed by atoms with E-state index in [0.717, 1.165) is 22.0 Å². The van der Waals surface area contributed by atoms with E-state index in [0.29, 0.717) is 5.82 Å². The molecule has 2 heterocycles. The fourth-order valence-corrected chi connectivity index (χ4v) is 2.69. The standard InChI is InChI=1S/C13H10N4.C5H7NS.BrH/c1-3-7-11(8-4-1)13-14-16-17(15-13)12-9-5-2-6-10-12;1-4-3-7-5(2)6-4;/h1-10H;3H,1-2H3;1H. The van der Waals surface area contributed by atoms with E-state index >= 15 is 0 Å². The van der Waals surface area contributed by atoms with E-state index in [4.69, 9.17) is 0 Å². The van der Waals surface area contributed by atoms with Crippen molar-refractivity contribution in [1.29, 1.82) is 0 Å². The molecular formula is C18H18BrN5S. The minimum absolute atomic E-state index is 0. The van der Waals surface area contributed by atoms with Gasteiger partial charge < -0.3 is 17.0 Å². The van der Waals surface area contributed by atoms with Crippen LogP contribution < -0.4 is 21.8 Å². The minimum Gasteiger partial charge on any atom is -1.00 e. The Balaban J connectivity index is 0.000000240. The van der Waals surface area contributed by atoms with Crippen molar-refractivity contribution in [1.82, 2.24) is 20.4 Å². The third-order valence-electron chi connectivity index (χ3n) is 3.21. The van der Waals surface area contributed by atoms with Crippen molar-refractivity contribution >= 4 is 11.3 Å². The number of aryl methyl sites for hydroxylation is 2. The van der Waals surface area contributed by atoms with Gasteiger partial charge in [-0.25, -0.2) is 4.98 Å². The second-order valence-electron chi connectivity index (χ2n) is 5.16. The number of aromatic nitrogens is 5. The van der Waals surface area contributed by atoms with Crippen LogP contribution in [0.5, 0.6) is 0 Å². The molecule has 0 aliphatic carbocycles. The highest BCUT2D eigenvalue weighted by atomic mass is 79.9. The second kappa shape index (κ2) is 9.19. The Labute approximate surface area is 161 Å². The van der Waals surface area contributed by atoms with Gasteiger partial charge in [0.15, 0.2) is 5.69 Å². The van der Waals surface area contributed by atoms with Crippen LogP contribution in [0, 0.1) is 13.8 Å².